The second-order valence-corrected chi connectivity index (χ2v) is 15.4. The molecule has 4 heterocycles. The van der Waals surface area contributed by atoms with Crippen LogP contribution in [0.2, 0.25) is 0 Å². The molecular formula is C43H44F6N8O. The Labute approximate surface area is 331 Å². The highest BCUT2D eigenvalue weighted by atomic mass is 19.4. The Balaban J connectivity index is 1.09. The highest BCUT2D eigenvalue weighted by molar-refractivity contribution is 5.90. The van der Waals surface area contributed by atoms with Crippen molar-refractivity contribution >= 4 is 39.7 Å². The Morgan fingerprint density at radius 2 is 0.914 bits per heavy atom. The Bertz CT molecular complexity index is 2210. The summed E-state index contributed by atoms with van der Waals surface area (Å²) in [6.45, 7) is 2.04. The van der Waals surface area contributed by atoms with Crippen molar-refractivity contribution in [3.8, 4) is 0 Å². The number of rotatable bonds is 10. The number of carbonyl (C=O) groups excluding carboxylic acids is 1. The van der Waals surface area contributed by atoms with Crippen LogP contribution in [0.4, 0.5) is 38.2 Å². The maximum absolute atomic E-state index is 15.3. The van der Waals surface area contributed by atoms with Crippen LogP contribution >= 0.6 is 0 Å². The fourth-order valence-electron chi connectivity index (χ4n) is 8.95. The molecule has 2 atom stereocenters. The molecule has 6 aromatic rings. The Morgan fingerprint density at radius 3 is 1.26 bits per heavy atom. The molecule has 58 heavy (non-hydrogen) atoms. The van der Waals surface area contributed by atoms with E-state index in [2.05, 4.69) is 19.8 Å². The number of halogens is 6. The summed E-state index contributed by atoms with van der Waals surface area (Å²) in [5.41, 5.74) is 15.8. The van der Waals surface area contributed by atoms with Crippen LogP contribution in [0.15, 0.2) is 97.1 Å². The van der Waals surface area contributed by atoms with Gasteiger partial charge in [0.2, 0.25) is 11.9 Å². The molecule has 0 radical (unpaired) electrons. The van der Waals surface area contributed by atoms with Crippen molar-refractivity contribution in [3.05, 3.63) is 119 Å². The van der Waals surface area contributed by atoms with Crippen LogP contribution in [0.25, 0.3) is 22.1 Å². The first-order valence-corrected chi connectivity index (χ1v) is 19.5. The molecule has 0 aliphatic carbocycles. The number of nitrogens with zero attached hydrogens (tertiary/aromatic N) is 6. The third-order valence-electron chi connectivity index (χ3n) is 11.9. The van der Waals surface area contributed by atoms with Crippen molar-refractivity contribution in [1.29, 1.82) is 0 Å². The third kappa shape index (κ3) is 8.01. The summed E-state index contributed by atoms with van der Waals surface area (Å²) in [6.07, 6.45) is -6.10. The van der Waals surface area contributed by atoms with E-state index >= 15 is 4.79 Å². The monoisotopic (exact) mass is 802 g/mol. The number of fused-ring (bicyclic) bond motifs is 2. The first-order chi connectivity index (χ1) is 27.7. The fourth-order valence-corrected chi connectivity index (χ4v) is 8.95. The van der Waals surface area contributed by atoms with Gasteiger partial charge in [-0.25, -0.2) is 9.97 Å². The summed E-state index contributed by atoms with van der Waals surface area (Å²) < 4.78 is 85.4. The minimum atomic E-state index is -4.51. The number of carbonyl (C=O) groups is 1. The molecular weight excluding hydrogens is 759 g/mol. The summed E-state index contributed by atoms with van der Waals surface area (Å²) in [5, 5.41) is 0. The number of aromatic nitrogens is 4. The summed E-state index contributed by atoms with van der Waals surface area (Å²) in [7, 11) is 0. The first kappa shape index (κ1) is 39.4. The van der Waals surface area contributed by atoms with Crippen LogP contribution < -0.4 is 11.5 Å². The number of para-hydroxylation sites is 4. The van der Waals surface area contributed by atoms with E-state index in [0.29, 0.717) is 74.9 Å². The van der Waals surface area contributed by atoms with E-state index in [0.717, 1.165) is 46.3 Å². The molecule has 0 spiro atoms. The largest absolute Gasteiger partial charge is 0.416 e. The topological polar surface area (TPSA) is 111 Å². The molecule has 4 aromatic carbocycles. The molecule has 304 valence electrons. The number of Topliss-reactive ketones (excluding diaryl/α,β-unsaturated/α-hetero) is 1. The zero-order valence-corrected chi connectivity index (χ0v) is 31.6. The molecule has 15 heteroatoms. The summed E-state index contributed by atoms with van der Waals surface area (Å²) in [6, 6.07) is 23.8. The van der Waals surface area contributed by atoms with Gasteiger partial charge in [-0.15, -0.1) is 0 Å². The predicted molar refractivity (Wildman–Crippen MR) is 211 cm³/mol. The van der Waals surface area contributed by atoms with Crippen molar-refractivity contribution in [2.45, 2.75) is 75.0 Å². The van der Waals surface area contributed by atoms with Crippen LogP contribution in [-0.2, 0) is 30.0 Å². The maximum Gasteiger partial charge on any atom is 0.416 e. The molecule has 0 amide bonds. The van der Waals surface area contributed by atoms with E-state index in [1.54, 1.807) is 0 Å². The van der Waals surface area contributed by atoms with Crippen LogP contribution in [-0.4, -0.2) is 72.9 Å². The standard InChI is InChI=1S/C43H44F6N8O/c44-42(45,46)29-13-9-27(10-14-29)25-37(54-21-17-31(18-22-54)56-35-7-3-1-5-33(35)52-40(56)50)39(58)38(26-28-11-15-30(16-12-28)43(47,48)49)55-23-19-32(20-24-55)57-36-8-4-2-6-34(36)53-41(57)51/h1-16,31-32,37-38H,17-26H2,(H2,50,52)(H2,51,53). The van der Waals surface area contributed by atoms with Crippen LogP contribution in [0, 0.1) is 0 Å². The van der Waals surface area contributed by atoms with Crippen molar-refractivity contribution in [1.82, 2.24) is 28.9 Å². The van der Waals surface area contributed by atoms with Crippen molar-refractivity contribution in [3.63, 3.8) is 0 Å². The number of alkyl halides is 6. The number of ketones is 1. The highest BCUT2D eigenvalue weighted by Gasteiger charge is 2.39. The second kappa shape index (κ2) is 15.7. The van der Waals surface area contributed by atoms with E-state index in [4.69, 9.17) is 11.5 Å². The van der Waals surface area contributed by atoms with Gasteiger partial charge in [0, 0.05) is 38.3 Å². The molecule has 2 aliphatic heterocycles. The minimum Gasteiger partial charge on any atom is -0.369 e. The van der Waals surface area contributed by atoms with E-state index in [9.17, 15) is 26.3 Å². The molecule has 2 aromatic heterocycles. The lowest BCUT2D eigenvalue weighted by Crippen LogP contribution is -2.56. The van der Waals surface area contributed by atoms with Crippen LogP contribution in [0.3, 0.4) is 0 Å². The number of nitrogen functional groups attached to an aromatic ring is 2. The lowest BCUT2D eigenvalue weighted by atomic mass is 9.88. The number of anilines is 2. The summed E-state index contributed by atoms with van der Waals surface area (Å²) in [4.78, 5) is 28.6. The van der Waals surface area contributed by atoms with Gasteiger partial charge in [0.05, 0.1) is 45.3 Å². The average Bonchev–Trinajstić information content (AvgIpc) is 3.73. The molecule has 0 saturated carbocycles. The van der Waals surface area contributed by atoms with Gasteiger partial charge in [-0.3, -0.25) is 14.6 Å². The van der Waals surface area contributed by atoms with Gasteiger partial charge in [-0.05, 0) is 98.2 Å². The lowest BCUT2D eigenvalue weighted by Gasteiger charge is -2.42. The molecule has 2 aliphatic rings. The number of likely N-dealkylation sites (tertiary alicyclic amines) is 2. The molecule has 2 fully saturated rings. The lowest BCUT2D eigenvalue weighted by molar-refractivity contribution is -0.138. The predicted octanol–water partition coefficient (Wildman–Crippen LogP) is 8.35. The summed E-state index contributed by atoms with van der Waals surface area (Å²) in [5.74, 6) is 0.682. The smallest absolute Gasteiger partial charge is 0.369 e. The zero-order valence-electron chi connectivity index (χ0n) is 31.6. The van der Waals surface area contributed by atoms with Gasteiger partial charge in [0.25, 0.3) is 0 Å². The highest BCUT2D eigenvalue weighted by Crippen LogP contribution is 2.36. The number of hydrogen-bond acceptors (Lipinski definition) is 7. The third-order valence-corrected chi connectivity index (χ3v) is 11.9. The molecule has 9 nitrogen and oxygen atoms in total. The first-order valence-electron chi connectivity index (χ1n) is 19.5. The van der Waals surface area contributed by atoms with Gasteiger partial charge in [-0.1, -0.05) is 48.5 Å². The number of benzene rings is 4. The molecule has 8 rings (SSSR count). The molecule has 0 bridgehead atoms. The minimum absolute atomic E-state index is 0.0131. The van der Waals surface area contributed by atoms with Gasteiger partial charge in [0.1, 0.15) is 0 Å². The zero-order chi connectivity index (χ0) is 40.8. The van der Waals surface area contributed by atoms with Crippen LogP contribution in [0.5, 0.6) is 0 Å². The molecule has 4 N–H and O–H groups in total. The summed E-state index contributed by atoms with van der Waals surface area (Å²) >= 11 is 0. The van der Waals surface area contributed by atoms with Crippen LogP contribution in [0.1, 0.15) is 60.0 Å². The van der Waals surface area contributed by atoms with Crippen molar-refractivity contribution < 1.29 is 31.1 Å². The van der Waals surface area contributed by atoms with Crippen molar-refractivity contribution in [2.75, 3.05) is 37.6 Å². The fraction of sp³-hybridized carbons (Fsp3) is 0.372. The van der Waals surface area contributed by atoms with E-state index in [-0.39, 0.29) is 30.7 Å². The number of hydrogen-bond donors (Lipinski definition) is 2. The van der Waals surface area contributed by atoms with Crippen molar-refractivity contribution in [2.24, 2.45) is 0 Å². The Morgan fingerprint density at radius 1 is 0.569 bits per heavy atom. The van der Waals surface area contributed by atoms with E-state index in [1.807, 2.05) is 57.7 Å². The van der Waals surface area contributed by atoms with E-state index < -0.39 is 35.6 Å². The van der Waals surface area contributed by atoms with E-state index in [1.165, 1.54) is 24.3 Å². The number of piperidine rings is 2. The molecule has 2 unspecified atom stereocenters. The normalized spacial score (nSPS) is 17.9. The SMILES string of the molecule is Nc1nc2ccccc2n1C1CCN(C(Cc2ccc(C(F)(F)F)cc2)C(=O)C(Cc2ccc(C(F)(F)F)cc2)N2CCC(n3c(N)nc4ccccc43)CC2)CC1. The number of nitrogens with two attached hydrogens (primary N) is 2. The Hall–Kier alpha value is -5.41. The second-order valence-electron chi connectivity index (χ2n) is 15.4. The number of imidazole rings is 2. The van der Waals surface area contributed by atoms with Gasteiger partial charge < -0.3 is 20.6 Å². The van der Waals surface area contributed by atoms with Gasteiger partial charge in [0.15, 0.2) is 5.78 Å². The Kier molecular flexibility index (Phi) is 10.7. The van der Waals surface area contributed by atoms with Gasteiger partial charge in [-0.2, -0.15) is 26.3 Å². The maximum atomic E-state index is 15.3. The average molecular weight is 803 g/mol. The molecule has 2 saturated heterocycles. The van der Waals surface area contributed by atoms with Gasteiger partial charge >= 0.3 is 12.4 Å². The quantitative estimate of drug-likeness (QED) is 0.134.